The van der Waals surface area contributed by atoms with Gasteiger partial charge in [-0.05, 0) is 48.2 Å². The lowest BCUT2D eigenvalue weighted by molar-refractivity contribution is 0.0815. The Hall–Kier alpha value is -2.64. The molecule has 1 N–H and O–H groups in total. The van der Waals surface area contributed by atoms with Crippen LogP contribution in [0.4, 0.5) is 5.82 Å². The molecule has 0 unspecified atom stereocenters. The molecule has 166 valence electrons. The largest absolute Gasteiger partial charge is 0.490 e. The molecule has 7 nitrogen and oxygen atoms in total. The summed E-state index contributed by atoms with van der Waals surface area (Å²) in [5, 5.41) is 7.00. The number of pyridine rings is 1. The van der Waals surface area contributed by atoms with Crippen LogP contribution >= 0.6 is 0 Å². The second-order valence-corrected chi connectivity index (χ2v) is 8.40. The molecule has 4 heterocycles. The van der Waals surface area contributed by atoms with E-state index in [1.54, 1.807) is 4.90 Å². The number of benzene rings is 1. The monoisotopic (exact) mass is 425 g/mol. The number of piperidine rings is 1. The number of carbonyl (C=O) groups excluding carboxylic acids is 1. The smallest absolute Gasteiger partial charge is 0.256 e. The lowest BCUT2D eigenvalue weighted by atomic mass is 10.0. The van der Waals surface area contributed by atoms with Gasteiger partial charge >= 0.3 is 0 Å². The van der Waals surface area contributed by atoms with Crippen LogP contribution < -0.4 is 9.64 Å². The molecule has 0 radical (unpaired) electrons. The number of hydrogen-bond donors (Lipinski definition) is 1. The molecular weight excluding hydrogens is 394 g/mol. The minimum Gasteiger partial charge on any atom is -0.490 e. The van der Waals surface area contributed by atoms with Crippen molar-refractivity contribution in [3.05, 3.63) is 51.7 Å². The first kappa shape index (κ1) is 21.6. The van der Waals surface area contributed by atoms with Gasteiger partial charge in [-0.15, -0.1) is 0 Å². The molecule has 1 amide bonds. The van der Waals surface area contributed by atoms with Crippen LogP contribution in [-0.4, -0.2) is 54.2 Å². The minimum absolute atomic E-state index is 0.0894. The van der Waals surface area contributed by atoms with E-state index in [2.05, 4.69) is 30.0 Å². The Labute approximate surface area is 183 Å². The van der Waals surface area contributed by atoms with Crippen LogP contribution in [0.15, 0.2) is 18.2 Å². The molecule has 2 aromatic rings. The highest BCUT2D eigenvalue weighted by molar-refractivity contribution is 5.99. The Balaban J connectivity index is 0.00000112. The van der Waals surface area contributed by atoms with Crippen molar-refractivity contribution in [3.8, 4) is 5.75 Å². The van der Waals surface area contributed by atoms with Crippen molar-refractivity contribution in [1.82, 2.24) is 9.88 Å². The van der Waals surface area contributed by atoms with Crippen molar-refractivity contribution in [1.29, 1.82) is 0 Å². The maximum atomic E-state index is 12.4. The van der Waals surface area contributed by atoms with Gasteiger partial charge in [0.2, 0.25) is 0 Å². The van der Waals surface area contributed by atoms with Crippen molar-refractivity contribution in [3.63, 3.8) is 0 Å². The predicted octanol–water partition coefficient (Wildman–Crippen LogP) is 2.97. The fraction of sp³-hybridized carbons (Fsp3) is 0.500. The second kappa shape index (κ2) is 8.85. The Kier molecular flexibility index (Phi) is 6.16. The van der Waals surface area contributed by atoms with E-state index < -0.39 is 0 Å². The third-order valence-corrected chi connectivity index (χ3v) is 6.49. The van der Waals surface area contributed by atoms with Gasteiger partial charge in [-0.1, -0.05) is 6.07 Å². The van der Waals surface area contributed by atoms with Gasteiger partial charge in [-0.2, -0.15) is 0 Å². The molecule has 5 rings (SSSR count). The van der Waals surface area contributed by atoms with Crippen LogP contribution in [0, 0.1) is 13.8 Å². The molecule has 0 saturated carbocycles. The summed E-state index contributed by atoms with van der Waals surface area (Å²) in [5.41, 5.74) is 6.41. The van der Waals surface area contributed by atoms with E-state index in [1.807, 2.05) is 14.0 Å². The van der Waals surface area contributed by atoms with Gasteiger partial charge in [0.05, 0.1) is 31.0 Å². The molecule has 0 atom stereocenters. The fourth-order valence-corrected chi connectivity index (χ4v) is 4.63. The number of fused-ring (bicyclic) bond motifs is 2. The zero-order valence-electron chi connectivity index (χ0n) is 18.8. The fourth-order valence-electron chi connectivity index (χ4n) is 4.63. The number of carbonyl (C=O) groups is 1. The molecular formula is C24H31N3O4. The van der Waals surface area contributed by atoms with Crippen molar-refractivity contribution >= 4 is 11.7 Å². The van der Waals surface area contributed by atoms with Gasteiger partial charge in [0.1, 0.15) is 17.7 Å². The minimum atomic E-state index is 0.0894. The predicted molar refractivity (Wildman–Crippen MR) is 118 cm³/mol. The van der Waals surface area contributed by atoms with Crippen LogP contribution in [0.25, 0.3) is 0 Å². The highest BCUT2D eigenvalue weighted by atomic mass is 16.5. The topological polar surface area (TPSA) is 75.1 Å². The summed E-state index contributed by atoms with van der Waals surface area (Å²) < 4.78 is 11.8. The van der Waals surface area contributed by atoms with Gasteiger partial charge in [-0.3, -0.25) is 4.79 Å². The summed E-state index contributed by atoms with van der Waals surface area (Å²) in [6.45, 7) is 7.95. The molecule has 7 heteroatoms. The molecule has 0 aliphatic carbocycles. The van der Waals surface area contributed by atoms with Crippen molar-refractivity contribution < 1.29 is 19.4 Å². The number of amides is 1. The van der Waals surface area contributed by atoms with Gasteiger partial charge in [0.25, 0.3) is 5.91 Å². The number of aliphatic hydroxyl groups excluding tert-OH is 1. The summed E-state index contributed by atoms with van der Waals surface area (Å²) >= 11 is 0. The maximum absolute atomic E-state index is 12.4. The van der Waals surface area contributed by atoms with E-state index in [4.69, 9.17) is 19.6 Å². The number of anilines is 1. The number of hydrogen-bond acceptors (Lipinski definition) is 6. The maximum Gasteiger partial charge on any atom is 0.256 e. The third-order valence-electron chi connectivity index (χ3n) is 6.49. The zero-order chi connectivity index (χ0) is 22.1. The average molecular weight is 426 g/mol. The van der Waals surface area contributed by atoms with Gasteiger partial charge in [-0.25, -0.2) is 4.98 Å². The van der Waals surface area contributed by atoms with Crippen LogP contribution in [0.1, 0.15) is 51.1 Å². The van der Waals surface area contributed by atoms with Crippen molar-refractivity contribution in [2.24, 2.45) is 0 Å². The average Bonchev–Trinajstić information content (AvgIpc) is 3.36. The SMILES string of the molecule is CO.Cc1c(N2CCC(Oc3ccc4c(c3)COC4)CC2)nc2c(c1C)C(=O)N(C)C2. The Morgan fingerprint density at radius 3 is 2.55 bits per heavy atom. The van der Waals surface area contributed by atoms with Gasteiger partial charge < -0.3 is 24.4 Å². The van der Waals surface area contributed by atoms with E-state index in [-0.39, 0.29) is 12.0 Å². The van der Waals surface area contributed by atoms with E-state index in [0.717, 1.165) is 67.0 Å². The Morgan fingerprint density at radius 2 is 1.81 bits per heavy atom. The Morgan fingerprint density at radius 1 is 1.10 bits per heavy atom. The van der Waals surface area contributed by atoms with Crippen LogP contribution in [0.5, 0.6) is 5.75 Å². The van der Waals surface area contributed by atoms with E-state index in [0.29, 0.717) is 19.8 Å². The summed E-state index contributed by atoms with van der Waals surface area (Å²) in [4.78, 5) is 21.4. The molecule has 1 aromatic heterocycles. The summed E-state index contributed by atoms with van der Waals surface area (Å²) in [5.74, 6) is 2.06. The normalized spacial score (nSPS) is 17.9. The summed E-state index contributed by atoms with van der Waals surface area (Å²) in [7, 11) is 2.84. The number of aromatic nitrogens is 1. The van der Waals surface area contributed by atoms with Crippen molar-refractivity contribution in [2.75, 3.05) is 32.1 Å². The third kappa shape index (κ3) is 4.00. The number of aliphatic hydroxyl groups is 1. The lowest BCUT2D eigenvalue weighted by Gasteiger charge is -2.34. The standard InChI is InChI=1S/C23H27N3O3.CH4O/c1-14-15(2)22(24-20-11-25(3)23(27)21(14)20)26-8-6-18(7-9-26)29-19-5-4-16-12-28-13-17(16)10-19;1-2/h4-5,10,18H,6-9,11-13H2,1-3H3;2H,1H3. The molecule has 0 bridgehead atoms. The number of rotatable bonds is 3. The highest BCUT2D eigenvalue weighted by Crippen LogP contribution is 2.33. The van der Waals surface area contributed by atoms with E-state index in [9.17, 15) is 4.79 Å². The quantitative estimate of drug-likeness (QED) is 0.815. The molecule has 1 fully saturated rings. The summed E-state index contributed by atoms with van der Waals surface area (Å²) in [6.07, 6.45) is 2.14. The highest BCUT2D eigenvalue weighted by Gasteiger charge is 2.31. The lowest BCUT2D eigenvalue weighted by Crippen LogP contribution is -2.39. The Bertz CT molecular complexity index is 983. The van der Waals surface area contributed by atoms with Gasteiger partial charge in [0, 0.05) is 40.1 Å². The molecule has 3 aliphatic heterocycles. The molecule has 1 aromatic carbocycles. The number of nitrogens with zero attached hydrogens (tertiary/aromatic N) is 3. The zero-order valence-corrected chi connectivity index (χ0v) is 18.8. The van der Waals surface area contributed by atoms with Crippen LogP contribution in [0.2, 0.25) is 0 Å². The first-order valence-corrected chi connectivity index (χ1v) is 10.8. The molecule has 1 saturated heterocycles. The van der Waals surface area contributed by atoms with Crippen LogP contribution in [0.3, 0.4) is 0 Å². The summed E-state index contributed by atoms with van der Waals surface area (Å²) in [6, 6.07) is 6.30. The number of ether oxygens (including phenoxy) is 2. The molecule has 0 spiro atoms. The first-order chi connectivity index (χ1) is 15.0. The van der Waals surface area contributed by atoms with E-state index in [1.165, 1.54) is 11.1 Å². The van der Waals surface area contributed by atoms with Crippen LogP contribution in [-0.2, 0) is 24.5 Å². The molecule has 31 heavy (non-hydrogen) atoms. The van der Waals surface area contributed by atoms with Gasteiger partial charge in [0.15, 0.2) is 0 Å². The first-order valence-electron chi connectivity index (χ1n) is 10.8. The van der Waals surface area contributed by atoms with Crippen molar-refractivity contribution in [2.45, 2.75) is 52.6 Å². The van der Waals surface area contributed by atoms with E-state index >= 15 is 0 Å². The molecule has 3 aliphatic rings. The second-order valence-electron chi connectivity index (χ2n) is 8.40.